The lowest BCUT2D eigenvalue weighted by molar-refractivity contribution is 0.102. The van der Waals surface area contributed by atoms with E-state index in [2.05, 4.69) is 29.2 Å². The predicted octanol–water partition coefficient (Wildman–Crippen LogP) is 6.39. The van der Waals surface area contributed by atoms with Crippen molar-refractivity contribution >= 4 is 39.1 Å². The maximum atomic E-state index is 14.2. The van der Waals surface area contributed by atoms with Crippen molar-refractivity contribution in [2.45, 2.75) is 31.6 Å². The Kier molecular flexibility index (Phi) is 8.41. The van der Waals surface area contributed by atoms with Gasteiger partial charge in [0.05, 0.1) is 30.5 Å². The second kappa shape index (κ2) is 12.5. The third-order valence-corrected chi connectivity index (χ3v) is 9.37. The molecule has 0 atom stereocenters. The van der Waals surface area contributed by atoms with Gasteiger partial charge in [0.1, 0.15) is 16.3 Å². The fraction of sp³-hybridized carbons (Fsp3) is 0.242. The highest BCUT2D eigenvalue weighted by Gasteiger charge is 2.26. The Morgan fingerprint density at radius 1 is 1.00 bits per heavy atom. The monoisotopic (exact) mass is 597 g/mol. The number of carbonyl (C=O) groups excluding carboxylic acids is 1. The van der Waals surface area contributed by atoms with E-state index in [0.717, 1.165) is 42.2 Å². The average molecular weight is 598 g/mol. The molecule has 0 aliphatic carbocycles. The average Bonchev–Trinajstić information content (AvgIpc) is 3.39. The van der Waals surface area contributed by atoms with Gasteiger partial charge in [0.15, 0.2) is 10.9 Å². The summed E-state index contributed by atoms with van der Waals surface area (Å²) in [6.45, 7) is 5.03. The van der Waals surface area contributed by atoms with Crippen LogP contribution in [0, 0.1) is 0 Å². The molecule has 9 heteroatoms. The lowest BCUT2D eigenvalue weighted by atomic mass is 10.0. The molecule has 0 spiro atoms. The molecule has 0 N–H and O–H groups in total. The van der Waals surface area contributed by atoms with Crippen molar-refractivity contribution < 1.29 is 14.3 Å². The summed E-state index contributed by atoms with van der Waals surface area (Å²) in [6.07, 6.45) is 0.796. The third-order valence-electron chi connectivity index (χ3n) is 7.32. The number of thioether (sulfide) groups is 1. The van der Waals surface area contributed by atoms with Crippen LogP contribution in [0.2, 0.25) is 0 Å². The smallest absolute Gasteiger partial charge is 0.267 e. The van der Waals surface area contributed by atoms with Crippen molar-refractivity contribution in [3.8, 4) is 17.2 Å². The van der Waals surface area contributed by atoms with Gasteiger partial charge in [-0.2, -0.15) is 0 Å². The number of ketones is 1. The number of hydrogen-bond acceptors (Lipinski definition) is 8. The van der Waals surface area contributed by atoms with E-state index < -0.39 is 0 Å². The number of methoxy groups -OCH3 is 1. The zero-order valence-electron chi connectivity index (χ0n) is 23.5. The molecular weight excluding hydrogens is 567 g/mol. The molecule has 214 valence electrons. The number of carbonyl (C=O) groups is 1. The highest BCUT2D eigenvalue weighted by Crippen LogP contribution is 2.35. The van der Waals surface area contributed by atoms with Gasteiger partial charge in [-0.3, -0.25) is 19.1 Å². The van der Waals surface area contributed by atoms with Crippen LogP contribution in [0.5, 0.6) is 11.5 Å². The van der Waals surface area contributed by atoms with Crippen LogP contribution < -0.4 is 15.0 Å². The first-order valence-electron chi connectivity index (χ1n) is 13.9. The minimum Gasteiger partial charge on any atom is -0.497 e. The van der Waals surface area contributed by atoms with Gasteiger partial charge >= 0.3 is 0 Å². The van der Waals surface area contributed by atoms with E-state index in [1.165, 1.54) is 22.2 Å². The van der Waals surface area contributed by atoms with Crippen LogP contribution in [-0.4, -0.2) is 46.2 Å². The standard InChI is InChI=1S/C33H31N3O4S2/c1-3-40-26-15-11-24(12-16-26)36-32(38)30-27-17-18-35(19-22-7-5-4-6-8-22)20-29(27)42-31(30)34-33(36)41-21-28(37)23-9-13-25(39-2)14-10-23/h4-16H,3,17-21H2,1-2H3. The largest absolute Gasteiger partial charge is 0.497 e. The number of rotatable bonds is 10. The molecule has 0 bridgehead atoms. The fourth-order valence-corrected chi connectivity index (χ4v) is 7.44. The Morgan fingerprint density at radius 3 is 2.45 bits per heavy atom. The summed E-state index contributed by atoms with van der Waals surface area (Å²) < 4.78 is 12.5. The van der Waals surface area contributed by atoms with Crippen LogP contribution in [0.3, 0.4) is 0 Å². The summed E-state index contributed by atoms with van der Waals surface area (Å²) in [4.78, 5) is 36.6. The number of Topliss-reactive ketones (excluding diaryl/α,β-unsaturated/α-hetero) is 1. The van der Waals surface area contributed by atoms with Crippen molar-refractivity contribution in [2.75, 3.05) is 26.0 Å². The highest BCUT2D eigenvalue weighted by molar-refractivity contribution is 7.99. The van der Waals surface area contributed by atoms with Crippen LogP contribution in [0.25, 0.3) is 15.9 Å². The lowest BCUT2D eigenvalue weighted by Crippen LogP contribution is -2.30. The van der Waals surface area contributed by atoms with Gasteiger partial charge < -0.3 is 9.47 Å². The third kappa shape index (κ3) is 5.86. The Bertz CT molecular complexity index is 1760. The summed E-state index contributed by atoms with van der Waals surface area (Å²) in [5, 5.41) is 1.19. The van der Waals surface area contributed by atoms with E-state index in [0.29, 0.717) is 34.1 Å². The molecule has 1 aliphatic rings. The highest BCUT2D eigenvalue weighted by atomic mass is 32.2. The first-order chi connectivity index (χ1) is 20.5. The first kappa shape index (κ1) is 28.2. The van der Waals surface area contributed by atoms with Crippen molar-refractivity contribution in [3.05, 3.63) is 111 Å². The normalized spacial score (nSPS) is 13.2. The number of thiophene rings is 1. The molecule has 3 aromatic carbocycles. The second-order valence-corrected chi connectivity index (χ2v) is 12.1. The number of benzene rings is 3. The van der Waals surface area contributed by atoms with Crippen LogP contribution in [0.15, 0.2) is 88.8 Å². The summed E-state index contributed by atoms with van der Waals surface area (Å²) in [5.74, 6) is 1.53. The number of fused-ring (bicyclic) bond motifs is 3. The zero-order valence-corrected chi connectivity index (χ0v) is 25.2. The van der Waals surface area contributed by atoms with E-state index in [1.54, 1.807) is 47.3 Å². The molecular formula is C33H31N3O4S2. The minimum atomic E-state index is -0.0995. The van der Waals surface area contributed by atoms with Crippen molar-refractivity contribution in [1.82, 2.24) is 14.5 Å². The van der Waals surface area contributed by atoms with Crippen LogP contribution in [0.1, 0.15) is 33.3 Å². The molecule has 5 aromatic rings. The number of nitrogens with zero attached hydrogens (tertiary/aromatic N) is 3. The summed E-state index contributed by atoms with van der Waals surface area (Å²) in [6, 6.07) is 25.0. The summed E-state index contributed by atoms with van der Waals surface area (Å²) in [5.41, 5.74) is 3.56. The Labute approximate surface area is 252 Å². The molecule has 0 radical (unpaired) electrons. The van der Waals surface area contributed by atoms with E-state index >= 15 is 0 Å². The molecule has 0 saturated heterocycles. The lowest BCUT2D eigenvalue weighted by Gasteiger charge is -2.26. The van der Waals surface area contributed by atoms with Gasteiger partial charge in [0, 0.05) is 30.1 Å². The van der Waals surface area contributed by atoms with Crippen LogP contribution in [0.4, 0.5) is 0 Å². The van der Waals surface area contributed by atoms with E-state index in [1.807, 2.05) is 37.3 Å². The fourth-order valence-electron chi connectivity index (χ4n) is 5.23. The Hall–Kier alpha value is -3.92. The maximum absolute atomic E-state index is 14.2. The molecule has 1 aliphatic heterocycles. The molecule has 2 aromatic heterocycles. The van der Waals surface area contributed by atoms with E-state index in [-0.39, 0.29) is 17.1 Å². The second-order valence-electron chi connectivity index (χ2n) is 10.0. The maximum Gasteiger partial charge on any atom is 0.267 e. The van der Waals surface area contributed by atoms with E-state index in [4.69, 9.17) is 14.5 Å². The van der Waals surface area contributed by atoms with Gasteiger partial charge in [-0.05, 0) is 73.0 Å². The topological polar surface area (TPSA) is 73.7 Å². The molecule has 0 amide bonds. The van der Waals surface area contributed by atoms with Gasteiger partial charge in [-0.15, -0.1) is 11.3 Å². The van der Waals surface area contributed by atoms with Gasteiger partial charge in [-0.25, -0.2) is 4.98 Å². The molecule has 0 saturated carbocycles. The van der Waals surface area contributed by atoms with Crippen LogP contribution in [-0.2, 0) is 19.5 Å². The Morgan fingerprint density at radius 2 is 1.74 bits per heavy atom. The molecule has 7 nitrogen and oxygen atoms in total. The number of aromatic nitrogens is 2. The number of hydrogen-bond donors (Lipinski definition) is 0. The first-order valence-corrected chi connectivity index (χ1v) is 15.7. The van der Waals surface area contributed by atoms with Crippen molar-refractivity contribution in [3.63, 3.8) is 0 Å². The molecule has 3 heterocycles. The molecule has 6 rings (SSSR count). The summed E-state index contributed by atoms with van der Waals surface area (Å²) in [7, 11) is 1.60. The number of ether oxygens (including phenoxy) is 2. The van der Waals surface area contributed by atoms with Crippen molar-refractivity contribution in [2.24, 2.45) is 0 Å². The quantitative estimate of drug-likeness (QED) is 0.105. The van der Waals surface area contributed by atoms with Crippen molar-refractivity contribution in [1.29, 1.82) is 0 Å². The predicted molar refractivity (Wildman–Crippen MR) is 169 cm³/mol. The zero-order chi connectivity index (χ0) is 29.1. The summed E-state index contributed by atoms with van der Waals surface area (Å²) >= 11 is 2.87. The van der Waals surface area contributed by atoms with Crippen LogP contribution >= 0.6 is 23.1 Å². The minimum absolute atomic E-state index is 0.0442. The molecule has 0 fully saturated rings. The molecule has 42 heavy (non-hydrogen) atoms. The van der Waals surface area contributed by atoms with Gasteiger partial charge in [0.2, 0.25) is 0 Å². The van der Waals surface area contributed by atoms with Gasteiger partial charge in [0.25, 0.3) is 5.56 Å². The van der Waals surface area contributed by atoms with E-state index in [9.17, 15) is 9.59 Å². The Balaban J connectivity index is 1.35. The molecule has 0 unspecified atom stereocenters. The van der Waals surface area contributed by atoms with Gasteiger partial charge in [-0.1, -0.05) is 42.1 Å². The SMILES string of the molecule is CCOc1ccc(-n2c(SCC(=O)c3ccc(OC)cc3)nc3sc4c(c3c2=O)CCN(Cc2ccccc2)C4)cc1.